The minimum absolute atomic E-state index is 0.0317. The number of hydrogen-bond acceptors (Lipinski definition) is 2. The van der Waals surface area contributed by atoms with Crippen LogP contribution < -0.4 is 5.32 Å². The summed E-state index contributed by atoms with van der Waals surface area (Å²) in [5, 5.41) is 2.69. The zero-order valence-corrected chi connectivity index (χ0v) is 11.5. The van der Waals surface area contributed by atoms with E-state index in [1.54, 1.807) is 0 Å². The predicted octanol–water partition coefficient (Wildman–Crippen LogP) is 2.76. The van der Waals surface area contributed by atoms with Gasteiger partial charge in [0.15, 0.2) is 5.82 Å². The van der Waals surface area contributed by atoms with Gasteiger partial charge in [-0.15, -0.1) is 0 Å². The molecule has 1 unspecified atom stereocenters. The number of nitrogens with one attached hydrogen (secondary N) is 1. The molecule has 1 aromatic heterocycles. The number of carbonyl (C=O) groups is 1. The van der Waals surface area contributed by atoms with Crippen molar-refractivity contribution in [2.75, 3.05) is 6.54 Å². The van der Waals surface area contributed by atoms with E-state index in [2.05, 4.69) is 40.1 Å². The lowest BCUT2D eigenvalue weighted by Crippen LogP contribution is -2.30. The number of nitrogens with zero attached hydrogens (tertiary/aromatic N) is 1. The van der Waals surface area contributed by atoms with E-state index in [4.69, 9.17) is 0 Å². The first-order valence-corrected chi connectivity index (χ1v) is 6.44. The third-order valence-corrected chi connectivity index (χ3v) is 2.93. The van der Waals surface area contributed by atoms with Crippen LogP contribution in [0.15, 0.2) is 18.5 Å². The van der Waals surface area contributed by atoms with Crippen molar-refractivity contribution in [1.82, 2.24) is 10.3 Å². The molecule has 0 saturated carbocycles. The van der Waals surface area contributed by atoms with Crippen LogP contribution in [0.4, 0.5) is 4.39 Å². The lowest BCUT2D eigenvalue weighted by Gasteiger charge is -2.13. The van der Waals surface area contributed by atoms with Crippen LogP contribution in [-0.2, 0) is 0 Å². The molecule has 1 heterocycles. The number of halogens is 2. The van der Waals surface area contributed by atoms with Crippen molar-refractivity contribution in [1.29, 1.82) is 0 Å². The van der Waals surface area contributed by atoms with Gasteiger partial charge in [-0.3, -0.25) is 9.78 Å². The van der Waals surface area contributed by atoms with E-state index >= 15 is 0 Å². The number of carbonyl (C=O) groups excluding carboxylic acids is 1. The average molecular weight is 303 g/mol. The van der Waals surface area contributed by atoms with Crippen LogP contribution in [0.3, 0.4) is 0 Å². The summed E-state index contributed by atoms with van der Waals surface area (Å²) in [6.45, 7) is 4.70. The fourth-order valence-corrected chi connectivity index (χ4v) is 2.36. The molecule has 0 fully saturated rings. The Labute approximate surface area is 109 Å². The minimum atomic E-state index is -0.597. The molecule has 0 aliphatic heterocycles. The van der Waals surface area contributed by atoms with Crippen molar-refractivity contribution in [3.63, 3.8) is 0 Å². The first kappa shape index (κ1) is 14.1. The van der Waals surface area contributed by atoms with Crippen LogP contribution >= 0.6 is 15.9 Å². The third-order valence-electron chi connectivity index (χ3n) is 2.23. The van der Waals surface area contributed by atoms with Gasteiger partial charge in [0, 0.05) is 17.6 Å². The Balaban J connectivity index is 2.48. The van der Waals surface area contributed by atoms with E-state index in [0.29, 0.717) is 12.5 Å². The van der Waals surface area contributed by atoms with E-state index in [1.165, 1.54) is 12.3 Å². The summed E-state index contributed by atoms with van der Waals surface area (Å²) < 4.78 is 13.2. The van der Waals surface area contributed by atoms with Crippen LogP contribution in [0.5, 0.6) is 0 Å². The first-order valence-electron chi connectivity index (χ1n) is 5.52. The van der Waals surface area contributed by atoms with Gasteiger partial charge in [-0.05, 0) is 18.4 Å². The molecule has 3 nitrogen and oxygen atoms in total. The Kier molecular flexibility index (Phi) is 5.55. The Morgan fingerprint density at radius 2 is 2.29 bits per heavy atom. The average Bonchev–Trinajstić information content (AvgIpc) is 2.25. The molecule has 0 bridgehead atoms. The quantitative estimate of drug-likeness (QED) is 0.850. The van der Waals surface area contributed by atoms with Crippen molar-refractivity contribution in [2.24, 2.45) is 5.92 Å². The maximum atomic E-state index is 13.2. The highest BCUT2D eigenvalue weighted by Crippen LogP contribution is 2.12. The number of aromatic nitrogens is 1. The SMILES string of the molecule is CC(C)CC(Br)CNC(=O)c1ccncc1F. The Morgan fingerprint density at radius 3 is 2.88 bits per heavy atom. The standard InChI is InChI=1S/C12H16BrFN2O/c1-8(2)5-9(13)6-16-12(17)10-3-4-15-7-11(10)14/h3-4,7-9H,5-6H2,1-2H3,(H,16,17). The van der Waals surface area contributed by atoms with Crippen molar-refractivity contribution in [2.45, 2.75) is 25.1 Å². The van der Waals surface area contributed by atoms with Crippen LogP contribution in [-0.4, -0.2) is 22.3 Å². The van der Waals surface area contributed by atoms with Crippen LogP contribution in [0.2, 0.25) is 0 Å². The van der Waals surface area contributed by atoms with Gasteiger partial charge >= 0.3 is 0 Å². The highest BCUT2D eigenvalue weighted by Gasteiger charge is 2.13. The second-order valence-corrected chi connectivity index (χ2v) is 5.59. The topological polar surface area (TPSA) is 42.0 Å². The van der Waals surface area contributed by atoms with Gasteiger partial charge in [0.2, 0.25) is 0 Å². The third kappa shape index (κ3) is 4.81. The molecule has 0 saturated heterocycles. The summed E-state index contributed by atoms with van der Waals surface area (Å²) in [4.78, 5) is 15.5. The summed E-state index contributed by atoms with van der Waals surface area (Å²) in [7, 11) is 0. The lowest BCUT2D eigenvalue weighted by molar-refractivity contribution is 0.0949. The monoisotopic (exact) mass is 302 g/mol. The van der Waals surface area contributed by atoms with Crippen molar-refractivity contribution in [3.05, 3.63) is 29.8 Å². The van der Waals surface area contributed by atoms with Gasteiger partial charge in [-0.25, -0.2) is 4.39 Å². The van der Waals surface area contributed by atoms with Crippen LogP contribution in [0.25, 0.3) is 0 Å². The minimum Gasteiger partial charge on any atom is -0.351 e. The fourth-order valence-electron chi connectivity index (χ4n) is 1.45. The highest BCUT2D eigenvalue weighted by atomic mass is 79.9. The molecule has 0 spiro atoms. The molecule has 17 heavy (non-hydrogen) atoms. The first-order chi connectivity index (χ1) is 8.00. The molecule has 0 aliphatic rings. The fraction of sp³-hybridized carbons (Fsp3) is 0.500. The van der Waals surface area contributed by atoms with Gasteiger partial charge in [-0.2, -0.15) is 0 Å². The summed E-state index contributed by atoms with van der Waals surface area (Å²) in [5.41, 5.74) is 0.0317. The smallest absolute Gasteiger partial charge is 0.254 e. The molecule has 94 valence electrons. The molecule has 1 aromatic rings. The zero-order valence-electron chi connectivity index (χ0n) is 9.91. The molecule has 1 rings (SSSR count). The van der Waals surface area contributed by atoms with E-state index in [1.807, 2.05) is 0 Å². The van der Waals surface area contributed by atoms with Gasteiger partial charge in [0.25, 0.3) is 5.91 Å². The Morgan fingerprint density at radius 1 is 1.59 bits per heavy atom. The lowest BCUT2D eigenvalue weighted by atomic mass is 10.1. The Bertz CT molecular complexity index is 385. The van der Waals surface area contributed by atoms with Crippen molar-refractivity contribution < 1.29 is 9.18 Å². The Hall–Kier alpha value is -0.970. The molecular weight excluding hydrogens is 287 g/mol. The molecule has 1 amide bonds. The summed E-state index contributed by atoms with van der Waals surface area (Å²) in [6.07, 6.45) is 3.39. The van der Waals surface area contributed by atoms with E-state index in [9.17, 15) is 9.18 Å². The molecule has 0 aliphatic carbocycles. The van der Waals surface area contributed by atoms with Gasteiger partial charge in [0.1, 0.15) is 0 Å². The number of pyridine rings is 1. The molecule has 0 aromatic carbocycles. The molecule has 1 atom stereocenters. The highest BCUT2D eigenvalue weighted by molar-refractivity contribution is 9.09. The normalized spacial score (nSPS) is 12.5. The van der Waals surface area contributed by atoms with Crippen LogP contribution in [0, 0.1) is 11.7 Å². The largest absolute Gasteiger partial charge is 0.351 e. The summed E-state index contributed by atoms with van der Waals surface area (Å²) >= 11 is 3.48. The summed E-state index contributed by atoms with van der Waals surface area (Å²) in [6, 6.07) is 1.37. The number of amides is 1. The number of alkyl halides is 1. The van der Waals surface area contributed by atoms with E-state index in [-0.39, 0.29) is 10.4 Å². The van der Waals surface area contributed by atoms with E-state index < -0.39 is 11.7 Å². The van der Waals surface area contributed by atoms with Crippen LogP contribution in [0.1, 0.15) is 30.6 Å². The summed E-state index contributed by atoms with van der Waals surface area (Å²) in [5.74, 6) is -0.452. The number of rotatable bonds is 5. The van der Waals surface area contributed by atoms with Gasteiger partial charge < -0.3 is 5.32 Å². The van der Waals surface area contributed by atoms with Crippen molar-refractivity contribution in [3.8, 4) is 0 Å². The van der Waals surface area contributed by atoms with E-state index in [0.717, 1.165) is 12.6 Å². The second kappa shape index (κ2) is 6.69. The second-order valence-electron chi connectivity index (χ2n) is 4.29. The maximum Gasteiger partial charge on any atom is 0.254 e. The molecule has 0 radical (unpaired) electrons. The molecular formula is C12H16BrFN2O. The molecule has 1 N–H and O–H groups in total. The predicted molar refractivity (Wildman–Crippen MR) is 68.7 cm³/mol. The van der Waals surface area contributed by atoms with Gasteiger partial charge in [-0.1, -0.05) is 29.8 Å². The number of hydrogen-bond donors (Lipinski definition) is 1. The van der Waals surface area contributed by atoms with Gasteiger partial charge in [0.05, 0.1) is 11.8 Å². The van der Waals surface area contributed by atoms with Crippen molar-refractivity contribution >= 4 is 21.8 Å². The zero-order chi connectivity index (χ0) is 12.8. The maximum absolute atomic E-state index is 13.2. The molecule has 5 heteroatoms.